The zero-order valence-corrected chi connectivity index (χ0v) is 10.1. The molecule has 0 aliphatic heterocycles. The molecule has 0 N–H and O–H groups in total. The van der Waals surface area contributed by atoms with Crippen molar-refractivity contribution in [1.29, 1.82) is 0 Å². The highest BCUT2D eigenvalue weighted by Crippen LogP contribution is 2.33. The summed E-state index contributed by atoms with van der Waals surface area (Å²) in [5, 5.41) is 0.819. The van der Waals surface area contributed by atoms with Crippen LogP contribution in [-0.2, 0) is 6.42 Å². The minimum absolute atomic E-state index is 0.0435. The first-order chi connectivity index (χ1) is 6.24. The van der Waals surface area contributed by atoms with Gasteiger partial charge in [0.2, 0.25) is 0 Å². The maximum atomic E-state index is 13.6. The Morgan fingerprint density at radius 2 is 2.23 bits per heavy atom. The fraction of sp³-hybridized carbons (Fsp3) is 0.200. The molecule has 0 saturated carbocycles. The number of thiophene rings is 1. The van der Waals surface area contributed by atoms with E-state index in [0.29, 0.717) is 0 Å². The van der Waals surface area contributed by atoms with Gasteiger partial charge in [0.05, 0.1) is 0 Å². The highest BCUT2D eigenvalue weighted by Gasteiger charge is 2.11. The highest BCUT2D eigenvalue weighted by molar-refractivity contribution is 14.1. The number of aryl methyl sites for hydroxylation is 1. The van der Waals surface area contributed by atoms with Crippen molar-refractivity contribution < 1.29 is 4.39 Å². The van der Waals surface area contributed by atoms with E-state index in [4.69, 9.17) is 0 Å². The van der Waals surface area contributed by atoms with E-state index in [1.54, 1.807) is 0 Å². The molecule has 0 unspecified atom stereocenters. The van der Waals surface area contributed by atoms with Crippen LogP contribution in [0.2, 0.25) is 0 Å². The van der Waals surface area contributed by atoms with Crippen molar-refractivity contribution in [2.24, 2.45) is 0 Å². The summed E-state index contributed by atoms with van der Waals surface area (Å²) in [7, 11) is 0. The zero-order valence-electron chi connectivity index (χ0n) is 7.10. The van der Waals surface area contributed by atoms with Crippen LogP contribution in [0.15, 0.2) is 18.2 Å². The molecule has 0 fully saturated rings. The molecule has 0 amide bonds. The van der Waals surface area contributed by atoms with E-state index in [1.807, 2.05) is 18.2 Å². The summed E-state index contributed by atoms with van der Waals surface area (Å²) in [5.41, 5.74) is 1.11. The Kier molecular flexibility index (Phi) is 2.55. The van der Waals surface area contributed by atoms with Gasteiger partial charge in [-0.15, -0.1) is 11.3 Å². The quantitative estimate of drug-likeness (QED) is 0.692. The van der Waals surface area contributed by atoms with Gasteiger partial charge in [0.1, 0.15) is 2.88 Å². The van der Waals surface area contributed by atoms with E-state index in [1.165, 1.54) is 11.3 Å². The van der Waals surface area contributed by atoms with Crippen molar-refractivity contribution in [3.05, 3.63) is 32.5 Å². The summed E-state index contributed by atoms with van der Waals surface area (Å²) in [6.07, 6.45) is 0.890. The smallest absolute Gasteiger partial charge is 0.155 e. The largest absolute Gasteiger partial charge is 0.204 e. The molecule has 1 aromatic heterocycles. The standard InChI is InChI=1S/C10H8FIS/c1-2-6-4-3-5-7-8(6)9(11)10(12)13-7/h3-5H,2H2,1H3. The Morgan fingerprint density at radius 3 is 2.92 bits per heavy atom. The minimum atomic E-state index is -0.0435. The van der Waals surface area contributed by atoms with Crippen LogP contribution in [-0.4, -0.2) is 0 Å². The third-order valence-electron chi connectivity index (χ3n) is 2.09. The van der Waals surface area contributed by atoms with Crippen LogP contribution in [0.1, 0.15) is 12.5 Å². The van der Waals surface area contributed by atoms with Gasteiger partial charge < -0.3 is 0 Å². The maximum absolute atomic E-state index is 13.6. The summed E-state index contributed by atoms with van der Waals surface area (Å²) in [6, 6.07) is 5.96. The summed E-state index contributed by atoms with van der Waals surface area (Å²) in [4.78, 5) is 0. The second-order valence-corrected chi connectivity index (χ2v) is 5.70. The number of hydrogen-bond donors (Lipinski definition) is 0. The second kappa shape index (κ2) is 3.53. The van der Waals surface area contributed by atoms with Crippen LogP contribution < -0.4 is 0 Å². The van der Waals surface area contributed by atoms with Gasteiger partial charge in [0, 0.05) is 10.1 Å². The predicted octanol–water partition coefficient (Wildman–Crippen LogP) is 4.21. The molecule has 3 heteroatoms. The Balaban J connectivity index is 2.87. The average molecular weight is 306 g/mol. The molecule has 0 atom stereocenters. The van der Waals surface area contributed by atoms with E-state index in [9.17, 15) is 4.39 Å². The lowest BCUT2D eigenvalue weighted by atomic mass is 10.1. The highest BCUT2D eigenvalue weighted by atomic mass is 127. The van der Waals surface area contributed by atoms with E-state index in [-0.39, 0.29) is 5.82 Å². The van der Waals surface area contributed by atoms with Crippen LogP contribution in [0.3, 0.4) is 0 Å². The molecular formula is C10H8FIS. The minimum Gasteiger partial charge on any atom is -0.204 e. The summed E-state index contributed by atoms with van der Waals surface area (Å²) in [5.74, 6) is -0.0435. The molecule has 0 aliphatic rings. The zero-order chi connectivity index (χ0) is 9.42. The Labute approximate surface area is 93.9 Å². The lowest BCUT2D eigenvalue weighted by Crippen LogP contribution is -1.82. The van der Waals surface area contributed by atoms with Crippen LogP contribution >= 0.6 is 33.9 Å². The van der Waals surface area contributed by atoms with E-state index >= 15 is 0 Å². The number of benzene rings is 1. The molecule has 1 aromatic carbocycles. The van der Waals surface area contributed by atoms with E-state index in [2.05, 4.69) is 29.5 Å². The van der Waals surface area contributed by atoms with Gasteiger partial charge in [0.25, 0.3) is 0 Å². The first-order valence-electron chi connectivity index (χ1n) is 4.09. The first-order valence-corrected chi connectivity index (χ1v) is 5.99. The molecule has 0 aliphatic carbocycles. The Hall–Kier alpha value is -0.160. The third-order valence-corrected chi connectivity index (χ3v) is 4.14. The molecule has 13 heavy (non-hydrogen) atoms. The molecule has 0 saturated heterocycles. The molecule has 0 radical (unpaired) electrons. The van der Waals surface area contributed by atoms with Gasteiger partial charge >= 0.3 is 0 Å². The number of fused-ring (bicyclic) bond motifs is 1. The number of hydrogen-bond acceptors (Lipinski definition) is 1. The fourth-order valence-corrected chi connectivity index (χ4v) is 3.28. The molecule has 2 rings (SSSR count). The van der Waals surface area contributed by atoms with Crippen LogP contribution in [0.4, 0.5) is 4.39 Å². The van der Waals surface area contributed by atoms with E-state index in [0.717, 1.165) is 25.0 Å². The molecule has 0 bridgehead atoms. The SMILES string of the molecule is CCc1cccc2sc(I)c(F)c12. The van der Waals surface area contributed by atoms with Crippen LogP contribution in [0, 0.1) is 8.70 Å². The average Bonchev–Trinajstić information content (AvgIpc) is 2.43. The van der Waals surface area contributed by atoms with Crippen molar-refractivity contribution in [3.63, 3.8) is 0 Å². The number of halogens is 2. The second-order valence-electron chi connectivity index (χ2n) is 2.83. The van der Waals surface area contributed by atoms with Gasteiger partial charge in [-0.1, -0.05) is 19.1 Å². The van der Waals surface area contributed by atoms with Crippen molar-refractivity contribution >= 4 is 44.0 Å². The van der Waals surface area contributed by atoms with Gasteiger partial charge in [-0.3, -0.25) is 0 Å². The summed E-state index contributed by atoms with van der Waals surface area (Å²) in [6.45, 7) is 2.05. The van der Waals surface area contributed by atoms with Gasteiger partial charge in [-0.05, 0) is 40.6 Å². The lowest BCUT2D eigenvalue weighted by molar-refractivity contribution is 0.637. The molecular weight excluding hydrogens is 298 g/mol. The first kappa shape index (κ1) is 9.40. The predicted molar refractivity (Wildman–Crippen MR) is 63.9 cm³/mol. The van der Waals surface area contributed by atoms with Crippen LogP contribution in [0.5, 0.6) is 0 Å². The van der Waals surface area contributed by atoms with Gasteiger partial charge in [-0.25, -0.2) is 4.39 Å². The molecule has 0 nitrogen and oxygen atoms in total. The Bertz CT molecular complexity index is 447. The topological polar surface area (TPSA) is 0 Å². The van der Waals surface area contributed by atoms with Crippen molar-refractivity contribution in [3.8, 4) is 0 Å². The maximum Gasteiger partial charge on any atom is 0.155 e. The molecule has 0 spiro atoms. The summed E-state index contributed by atoms with van der Waals surface area (Å²) < 4.78 is 15.4. The fourth-order valence-electron chi connectivity index (χ4n) is 1.45. The molecule has 68 valence electrons. The van der Waals surface area contributed by atoms with Gasteiger partial charge in [0.15, 0.2) is 5.82 Å². The van der Waals surface area contributed by atoms with Crippen molar-refractivity contribution in [1.82, 2.24) is 0 Å². The monoisotopic (exact) mass is 306 g/mol. The van der Waals surface area contributed by atoms with Crippen molar-refractivity contribution in [2.75, 3.05) is 0 Å². The Morgan fingerprint density at radius 1 is 1.46 bits per heavy atom. The summed E-state index contributed by atoms with van der Waals surface area (Å²) >= 11 is 3.57. The lowest BCUT2D eigenvalue weighted by Gasteiger charge is -1.97. The number of rotatable bonds is 1. The molecule has 2 aromatic rings. The third kappa shape index (κ3) is 1.48. The van der Waals surface area contributed by atoms with Crippen molar-refractivity contribution in [2.45, 2.75) is 13.3 Å². The van der Waals surface area contributed by atoms with Crippen LogP contribution in [0.25, 0.3) is 10.1 Å². The van der Waals surface area contributed by atoms with E-state index < -0.39 is 0 Å². The molecule has 1 heterocycles. The van der Waals surface area contributed by atoms with Gasteiger partial charge in [-0.2, -0.15) is 0 Å². The normalized spacial score (nSPS) is 11.0.